The Bertz CT molecular complexity index is 690. The van der Waals surface area contributed by atoms with Crippen molar-refractivity contribution in [1.29, 1.82) is 0 Å². The minimum atomic E-state index is -5.25. The molecule has 0 bridgehead atoms. The van der Waals surface area contributed by atoms with Crippen LogP contribution in [0.4, 0.5) is 13.2 Å². The molecule has 0 aliphatic carbocycles. The van der Waals surface area contributed by atoms with Crippen LogP contribution in [0.5, 0.6) is 0 Å². The summed E-state index contributed by atoms with van der Waals surface area (Å²) >= 11 is 0. The van der Waals surface area contributed by atoms with E-state index in [4.69, 9.17) is 4.74 Å². The normalized spacial score (nSPS) is 20.6. The third kappa shape index (κ3) is 6.84. The highest BCUT2D eigenvalue weighted by molar-refractivity contribution is 14.0. The highest BCUT2D eigenvalue weighted by Gasteiger charge is 2.50. The Morgan fingerprint density at radius 3 is 2.17 bits per heavy atom. The molecule has 1 N–H and O–H groups in total. The predicted octanol–water partition coefficient (Wildman–Crippen LogP) is 2.02. The quantitative estimate of drug-likeness (QED) is 0.236. The van der Waals surface area contributed by atoms with E-state index in [1.807, 2.05) is 4.90 Å². The van der Waals surface area contributed by atoms with E-state index in [1.54, 1.807) is 14.0 Å². The molecule has 13 heteroatoms. The molecule has 30 heavy (non-hydrogen) atoms. The number of nitrogens with zero attached hydrogens (tertiary/aromatic N) is 3. The molecule has 176 valence electrons. The molecule has 0 aromatic rings. The molecule has 0 aromatic heterocycles. The fourth-order valence-electron chi connectivity index (χ4n) is 3.66. The summed E-state index contributed by atoms with van der Waals surface area (Å²) in [6.07, 6.45) is 2.05. The Labute approximate surface area is 192 Å². The van der Waals surface area contributed by atoms with Gasteiger partial charge in [-0.1, -0.05) is 0 Å². The topological polar surface area (TPSA) is 91.3 Å². The molecule has 2 aliphatic heterocycles. The number of alkyl halides is 3. The standard InChI is InChI=1S/C17H29F3N4O4S.HI/c1-3-28-15(25)14-6-8-23(9-7-14)16(21-2)22-12-13-4-10-24(11-5-13)29(26,27)17(18,19)20;/h13-14H,3-12H2,1-2H3,(H,21,22);1H. The van der Waals surface area contributed by atoms with E-state index in [2.05, 4.69) is 10.3 Å². The molecular weight excluding hydrogens is 540 g/mol. The van der Waals surface area contributed by atoms with Crippen LogP contribution in [0.15, 0.2) is 4.99 Å². The fourth-order valence-corrected chi connectivity index (χ4v) is 4.64. The van der Waals surface area contributed by atoms with E-state index < -0.39 is 15.5 Å². The maximum absolute atomic E-state index is 12.6. The van der Waals surface area contributed by atoms with E-state index in [0.717, 1.165) is 0 Å². The largest absolute Gasteiger partial charge is 0.511 e. The first-order chi connectivity index (χ1) is 13.6. The van der Waals surface area contributed by atoms with Gasteiger partial charge in [-0.3, -0.25) is 9.79 Å². The minimum Gasteiger partial charge on any atom is -0.466 e. The van der Waals surface area contributed by atoms with Crippen molar-refractivity contribution in [3.63, 3.8) is 0 Å². The Morgan fingerprint density at radius 1 is 1.13 bits per heavy atom. The monoisotopic (exact) mass is 570 g/mol. The van der Waals surface area contributed by atoms with Gasteiger partial charge in [0.2, 0.25) is 0 Å². The third-order valence-electron chi connectivity index (χ3n) is 5.38. The van der Waals surface area contributed by atoms with Crippen LogP contribution >= 0.6 is 24.0 Å². The van der Waals surface area contributed by atoms with E-state index in [9.17, 15) is 26.4 Å². The Morgan fingerprint density at radius 2 is 1.70 bits per heavy atom. The second-order valence-corrected chi connectivity index (χ2v) is 9.16. The summed E-state index contributed by atoms with van der Waals surface area (Å²) in [5, 5.41) is 3.23. The van der Waals surface area contributed by atoms with Crippen LogP contribution in [-0.4, -0.2) is 81.4 Å². The van der Waals surface area contributed by atoms with Crippen LogP contribution in [0.2, 0.25) is 0 Å². The lowest BCUT2D eigenvalue weighted by Crippen LogP contribution is -2.49. The van der Waals surface area contributed by atoms with Crippen LogP contribution < -0.4 is 5.32 Å². The van der Waals surface area contributed by atoms with Crippen LogP contribution in [0.1, 0.15) is 32.6 Å². The second-order valence-electron chi connectivity index (χ2n) is 7.23. The molecule has 0 radical (unpaired) electrons. The number of hydrogen-bond acceptors (Lipinski definition) is 5. The molecule has 2 aliphatic rings. The smallest absolute Gasteiger partial charge is 0.466 e. The number of halogens is 4. The molecule has 2 fully saturated rings. The van der Waals surface area contributed by atoms with Crippen LogP contribution in [0.3, 0.4) is 0 Å². The zero-order valence-electron chi connectivity index (χ0n) is 17.2. The second kappa shape index (κ2) is 11.7. The van der Waals surface area contributed by atoms with Crippen LogP contribution in [0, 0.1) is 11.8 Å². The highest BCUT2D eigenvalue weighted by atomic mass is 127. The van der Waals surface area contributed by atoms with Crippen molar-refractivity contribution in [2.45, 2.75) is 38.1 Å². The summed E-state index contributed by atoms with van der Waals surface area (Å²) in [6.45, 7) is 3.68. The molecule has 0 amide bonds. The third-order valence-corrected chi connectivity index (χ3v) is 7.01. The van der Waals surface area contributed by atoms with Gasteiger partial charge < -0.3 is 15.0 Å². The van der Waals surface area contributed by atoms with Crippen molar-refractivity contribution in [3.05, 3.63) is 0 Å². The van der Waals surface area contributed by atoms with Crippen LogP contribution in [-0.2, 0) is 19.6 Å². The van der Waals surface area contributed by atoms with Gasteiger partial charge in [-0.15, -0.1) is 24.0 Å². The first kappa shape index (κ1) is 27.2. The van der Waals surface area contributed by atoms with Crippen molar-refractivity contribution in [2.24, 2.45) is 16.8 Å². The van der Waals surface area contributed by atoms with Gasteiger partial charge in [0.15, 0.2) is 5.96 Å². The van der Waals surface area contributed by atoms with Gasteiger partial charge in [-0.2, -0.15) is 17.5 Å². The molecule has 0 saturated carbocycles. The SMILES string of the molecule is CCOC(=O)C1CCN(C(=NC)NCC2CCN(S(=O)(=O)C(F)(F)F)CC2)CC1.I. The summed E-state index contributed by atoms with van der Waals surface area (Å²) in [4.78, 5) is 18.1. The van der Waals surface area contributed by atoms with Gasteiger partial charge in [0.05, 0.1) is 12.5 Å². The number of carbonyl (C=O) groups is 1. The van der Waals surface area contributed by atoms with E-state index in [-0.39, 0.29) is 54.9 Å². The van der Waals surface area contributed by atoms with E-state index in [0.29, 0.717) is 62.2 Å². The summed E-state index contributed by atoms with van der Waals surface area (Å²) in [6, 6.07) is 0. The number of aliphatic imine (C=N–C) groups is 1. The van der Waals surface area contributed by atoms with Crippen LogP contribution in [0.25, 0.3) is 0 Å². The van der Waals surface area contributed by atoms with Crippen molar-refractivity contribution >= 4 is 45.9 Å². The van der Waals surface area contributed by atoms with Crippen molar-refractivity contribution < 1.29 is 31.1 Å². The van der Waals surface area contributed by atoms with Gasteiger partial charge in [0, 0.05) is 39.8 Å². The van der Waals surface area contributed by atoms with E-state index in [1.165, 1.54) is 0 Å². The average Bonchev–Trinajstić information content (AvgIpc) is 2.68. The number of rotatable bonds is 5. The molecule has 8 nitrogen and oxygen atoms in total. The number of ether oxygens (including phenoxy) is 1. The maximum atomic E-state index is 12.6. The average molecular weight is 570 g/mol. The first-order valence-electron chi connectivity index (χ1n) is 9.78. The Kier molecular flexibility index (Phi) is 10.6. The number of guanidine groups is 1. The summed E-state index contributed by atoms with van der Waals surface area (Å²) in [7, 11) is -3.60. The molecule has 0 unspecified atom stereocenters. The number of hydrogen-bond donors (Lipinski definition) is 1. The molecule has 2 rings (SSSR count). The van der Waals surface area contributed by atoms with E-state index >= 15 is 0 Å². The molecule has 2 saturated heterocycles. The number of likely N-dealkylation sites (tertiary alicyclic amines) is 1. The number of nitrogens with one attached hydrogen (secondary N) is 1. The maximum Gasteiger partial charge on any atom is 0.511 e. The summed E-state index contributed by atoms with van der Waals surface area (Å²) in [5.74, 6) is 0.459. The molecule has 0 atom stereocenters. The van der Waals surface area contributed by atoms with Crippen molar-refractivity contribution in [1.82, 2.24) is 14.5 Å². The van der Waals surface area contributed by atoms with Gasteiger partial charge >= 0.3 is 21.5 Å². The summed E-state index contributed by atoms with van der Waals surface area (Å²) in [5.41, 5.74) is -5.25. The summed E-state index contributed by atoms with van der Waals surface area (Å²) < 4.78 is 66.5. The Hall–Kier alpha value is -0.830. The van der Waals surface area contributed by atoms with Crippen molar-refractivity contribution in [3.8, 4) is 0 Å². The molecule has 2 heterocycles. The van der Waals surface area contributed by atoms with Gasteiger partial charge in [0.25, 0.3) is 0 Å². The lowest BCUT2D eigenvalue weighted by Gasteiger charge is -2.35. The first-order valence-corrected chi connectivity index (χ1v) is 11.2. The van der Waals surface area contributed by atoms with Crippen molar-refractivity contribution in [2.75, 3.05) is 46.4 Å². The minimum absolute atomic E-state index is 0. The predicted molar refractivity (Wildman–Crippen MR) is 117 cm³/mol. The number of sulfonamides is 1. The molecule has 0 aromatic carbocycles. The number of piperidine rings is 2. The zero-order chi connectivity index (χ0) is 21.7. The fraction of sp³-hybridized carbons (Fsp3) is 0.882. The zero-order valence-corrected chi connectivity index (χ0v) is 20.3. The molecular formula is C17H30F3IN4O4S. The lowest BCUT2D eigenvalue weighted by atomic mass is 9.97. The molecule has 0 spiro atoms. The Balaban J connectivity index is 0.00000450. The van der Waals surface area contributed by atoms with Gasteiger partial charge in [-0.05, 0) is 38.5 Å². The number of esters is 1. The highest BCUT2D eigenvalue weighted by Crippen LogP contribution is 2.30. The number of carbonyl (C=O) groups excluding carboxylic acids is 1. The van der Waals surface area contributed by atoms with Gasteiger partial charge in [0.1, 0.15) is 0 Å². The lowest BCUT2D eigenvalue weighted by molar-refractivity contribution is -0.149. The van der Waals surface area contributed by atoms with Gasteiger partial charge in [-0.25, -0.2) is 8.42 Å².